The Morgan fingerprint density at radius 2 is 2.15 bits per heavy atom. The minimum Gasteiger partial charge on any atom is -0.466 e. The molecule has 0 aliphatic carbocycles. The van der Waals surface area contributed by atoms with Gasteiger partial charge in [-0.15, -0.1) is 0 Å². The molecule has 5 heteroatoms. The van der Waals surface area contributed by atoms with Gasteiger partial charge < -0.3 is 9.64 Å². The van der Waals surface area contributed by atoms with Crippen molar-refractivity contribution in [3.8, 4) is 0 Å². The second kappa shape index (κ2) is 5.45. The minimum absolute atomic E-state index is 0.107. The summed E-state index contributed by atoms with van der Waals surface area (Å²) in [7, 11) is 2.91. The van der Waals surface area contributed by atoms with Crippen LogP contribution in [0.25, 0.3) is 0 Å². The molecule has 0 radical (unpaired) electrons. The Bertz CT molecular complexity index is 595. The Morgan fingerprint density at radius 1 is 1.45 bits per heavy atom. The number of methoxy groups -OCH3 is 1. The number of halogens is 1. The Morgan fingerprint density at radius 3 is 2.75 bits per heavy atom. The molecule has 0 aromatic heterocycles. The first-order valence-corrected chi connectivity index (χ1v) is 6.26. The predicted octanol–water partition coefficient (Wildman–Crippen LogP) is 2.22. The van der Waals surface area contributed by atoms with E-state index < -0.39 is 17.7 Å². The summed E-state index contributed by atoms with van der Waals surface area (Å²) in [6, 6.07) is 5.95. The molecule has 1 aromatic carbocycles. The van der Waals surface area contributed by atoms with E-state index in [0.29, 0.717) is 16.8 Å². The number of amides is 1. The first-order valence-electron chi connectivity index (χ1n) is 6.26. The monoisotopic (exact) mass is 277 g/mol. The van der Waals surface area contributed by atoms with Crippen molar-refractivity contribution in [3.05, 3.63) is 46.9 Å². The van der Waals surface area contributed by atoms with Crippen molar-refractivity contribution in [1.82, 2.24) is 4.90 Å². The molecule has 0 fully saturated rings. The Labute approximate surface area is 116 Å². The number of carbonyl (C=O) groups excluding carboxylic acids is 2. The first kappa shape index (κ1) is 14.2. The van der Waals surface area contributed by atoms with E-state index in [-0.39, 0.29) is 12.3 Å². The minimum atomic E-state index is -0.490. The molecule has 20 heavy (non-hydrogen) atoms. The van der Waals surface area contributed by atoms with Crippen LogP contribution in [-0.4, -0.2) is 30.9 Å². The Hall–Kier alpha value is -2.17. The fraction of sp³-hybridized carbons (Fsp3) is 0.333. The highest BCUT2D eigenvalue weighted by atomic mass is 19.1. The van der Waals surface area contributed by atoms with E-state index in [1.54, 1.807) is 26.1 Å². The highest BCUT2D eigenvalue weighted by molar-refractivity contribution is 5.95. The average Bonchev–Trinajstić information content (AvgIpc) is 2.43. The number of allylic oxidation sites excluding steroid dienone is 1. The van der Waals surface area contributed by atoms with Crippen LogP contribution in [0.3, 0.4) is 0 Å². The normalized spacial score (nSPS) is 19.3. The van der Waals surface area contributed by atoms with Crippen molar-refractivity contribution in [1.29, 1.82) is 0 Å². The van der Waals surface area contributed by atoms with Gasteiger partial charge in [0.25, 0.3) is 0 Å². The van der Waals surface area contributed by atoms with Crippen LogP contribution in [0.4, 0.5) is 4.39 Å². The maximum Gasteiger partial charge on any atom is 0.336 e. The summed E-state index contributed by atoms with van der Waals surface area (Å²) in [5.41, 5.74) is 1.55. The summed E-state index contributed by atoms with van der Waals surface area (Å²) in [6.45, 7) is 1.69. The lowest BCUT2D eigenvalue weighted by atomic mass is 9.84. The van der Waals surface area contributed by atoms with E-state index in [1.165, 1.54) is 24.1 Å². The second-order valence-electron chi connectivity index (χ2n) is 4.76. The van der Waals surface area contributed by atoms with Gasteiger partial charge >= 0.3 is 5.97 Å². The molecule has 1 aliphatic heterocycles. The van der Waals surface area contributed by atoms with Crippen molar-refractivity contribution < 1.29 is 18.7 Å². The van der Waals surface area contributed by atoms with Gasteiger partial charge in [-0.2, -0.15) is 0 Å². The lowest BCUT2D eigenvalue weighted by Crippen LogP contribution is -2.35. The van der Waals surface area contributed by atoms with E-state index in [4.69, 9.17) is 4.74 Å². The number of carbonyl (C=O) groups is 2. The van der Waals surface area contributed by atoms with Gasteiger partial charge in [0, 0.05) is 25.1 Å². The van der Waals surface area contributed by atoms with Crippen molar-refractivity contribution in [3.63, 3.8) is 0 Å². The number of nitrogens with zero attached hydrogens (tertiary/aromatic N) is 1. The Kier molecular flexibility index (Phi) is 3.88. The van der Waals surface area contributed by atoms with Gasteiger partial charge in [-0.1, -0.05) is 12.1 Å². The van der Waals surface area contributed by atoms with Gasteiger partial charge in [0.2, 0.25) is 5.91 Å². The van der Waals surface area contributed by atoms with Crippen LogP contribution in [0.15, 0.2) is 35.5 Å². The first-order chi connectivity index (χ1) is 9.45. The summed E-state index contributed by atoms with van der Waals surface area (Å²) in [4.78, 5) is 25.4. The van der Waals surface area contributed by atoms with Crippen LogP contribution >= 0.6 is 0 Å². The van der Waals surface area contributed by atoms with Crippen LogP contribution in [0, 0.1) is 5.82 Å². The second-order valence-corrected chi connectivity index (χ2v) is 4.76. The van der Waals surface area contributed by atoms with Crippen LogP contribution < -0.4 is 0 Å². The molecule has 4 nitrogen and oxygen atoms in total. The highest BCUT2D eigenvalue weighted by Gasteiger charge is 2.35. The third kappa shape index (κ3) is 2.43. The van der Waals surface area contributed by atoms with Gasteiger partial charge in [0.15, 0.2) is 0 Å². The zero-order chi connectivity index (χ0) is 14.9. The molecule has 0 saturated heterocycles. The van der Waals surface area contributed by atoms with Gasteiger partial charge in [0.05, 0.1) is 12.7 Å². The van der Waals surface area contributed by atoms with Gasteiger partial charge in [-0.25, -0.2) is 9.18 Å². The lowest BCUT2D eigenvalue weighted by molar-refractivity contribution is -0.137. The number of ether oxygens (including phenoxy) is 1. The van der Waals surface area contributed by atoms with E-state index in [9.17, 15) is 14.0 Å². The molecule has 1 heterocycles. The van der Waals surface area contributed by atoms with E-state index in [1.807, 2.05) is 0 Å². The molecule has 0 unspecified atom stereocenters. The fourth-order valence-corrected chi connectivity index (χ4v) is 2.44. The average molecular weight is 277 g/mol. The highest BCUT2D eigenvalue weighted by Crippen LogP contribution is 2.36. The molecule has 0 saturated carbocycles. The number of rotatable bonds is 2. The number of esters is 1. The zero-order valence-electron chi connectivity index (χ0n) is 11.6. The predicted molar refractivity (Wildman–Crippen MR) is 71.2 cm³/mol. The molecule has 1 amide bonds. The third-order valence-electron chi connectivity index (χ3n) is 3.65. The van der Waals surface area contributed by atoms with E-state index in [0.717, 1.165) is 0 Å². The van der Waals surface area contributed by atoms with E-state index >= 15 is 0 Å². The third-order valence-corrected chi connectivity index (χ3v) is 3.65. The largest absolute Gasteiger partial charge is 0.466 e. The molecule has 2 rings (SSSR count). The summed E-state index contributed by atoms with van der Waals surface area (Å²) in [6.07, 6.45) is 0.127. The molecular weight excluding hydrogens is 261 g/mol. The van der Waals surface area contributed by atoms with Crippen molar-refractivity contribution in [2.24, 2.45) is 0 Å². The zero-order valence-corrected chi connectivity index (χ0v) is 11.6. The smallest absolute Gasteiger partial charge is 0.336 e. The summed E-state index contributed by atoms with van der Waals surface area (Å²) in [5.74, 6) is -1.46. The van der Waals surface area contributed by atoms with Crippen LogP contribution in [0.2, 0.25) is 0 Å². The maximum atomic E-state index is 13.4. The van der Waals surface area contributed by atoms with E-state index in [2.05, 4.69) is 0 Å². The van der Waals surface area contributed by atoms with Crippen LogP contribution in [0.1, 0.15) is 24.8 Å². The molecule has 1 aromatic rings. The van der Waals surface area contributed by atoms with Crippen molar-refractivity contribution in [2.45, 2.75) is 19.3 Å². The lowest BCUT2D eigenvalue weighted by Gasteiger charge is -2.31. The van der Waals surface area contributed by atoms with Gasteiger partial charge in [-0.3, -0.25) is 4.79 Å². The number of benzene rings is 1. The topological polar surface area (TPSA) is 46.6 Å². The van der Waals surface area contributed by atoms with Gasteiger partial charge in [0.1, 0.15) is 5.82 Å². The van der Waals surface area contributed by atoms with Crippen molar-refractivity contribution >= 4 is 11.9 Å². The van der Waals surface area contributed by atoms with Crippen molar-refractivity contribution in [2.75, 3.05) is 14.2 Å². The molecule has 0 N–H and O–H groups in total. The molecule has 0 spiro atoms. The summed E-state index contributed by atoms with van der Waals surface area (Å²) >= 11 is 0. The fourth-order valence-electron chi connectivity index (χ4n) is 2.44. The summed E-state index contributed by atoms with van der Waals surface area (Å²) in [5, 5.41) is 0. The molecule has 1 atom stereocenters. The summed E-state index contributed by atoms with van der Waals surface area (Å²) < 4.78 is 18.2. The van der Waals surface area contributed by atoms with Gasteiger partial charge in [-0.05, 0) is 24.6 Å². The Balaban J connectivity index is 2.55. The van der Waals surface area contributed by atoms with Crippen LogP contribution in [0.5, 0.6) is 0 Å². The molecular formula is C15H16FNO3. The number of hydrogen-bond acceptors (Lipinski definition) is 3. The standard InChI is InChI=1S/C15H16FNO3/c1-9-14(15(19)20-3)12(8-13(18)17(9)2)10-5-4-6-11(16)7-10/h4-7,12H,8H2,1-3H3/t12-/m1/s1. The molecule has 0 bridgehead atoms. The van der Waals surface area contributed by atoms with Crippen LogP contribution in [-0.2, 0) is 14.3 Å². The SMILES string of the molecule is COC(=O)C1=C(C)N(C)C(=O)C[C@@H]1c1cccc(F)c1. The number of hydrogen-bond donors (Lipinski definition) is 0. The molecule has 106 valence electrons. The molecule has 1 aliphatic rings. The maximum absolute atomic E-state index is 13.4. The quantitative estimate of drug-likeness (QED) is 0.779.